The van der Waals surface area contributed by atoms with Crippen LogP contribution in [-0.4, -0.2) is 27.5 Å². The minimum Gasteiger partial charge on any atom is -0.465 e. The molecule has 0 aliphatic carbocycles. The first-order valence-electron chi connectivity index (χ1n) is 8.25. The number of carbonyl (C=O) groups is 1. The Bertz CT molecular complexity index is 887. The zero-order valence-corrected chi connectivity index (χ0v) is 15.0. The lowest BCUT2D eigenvalue weighted by Gasteiger charge is -2.18. The maximum absolute atomic E-state index is 12.5. The van der Waals surface area contributed by atoms with E-state index < -0.39 is 0 Å². The molecule has 0 aliphatic heterocycles. The molecule has 2 heterocycles. The van der Waals surface area contributed by atoms with Gasteiger partial charge in [0.25, 0.3) is 0 Å². The molecule has 1 aromatic carbocycles. The molecular formula is C19H18ClN3O3. The second-order valence-corrected chi connectivity index (χ2v) is 6.00. The summed E-state index contributed by atoms with van der Waals surface area (Å²) in [6.45, 7) is 2.80. The van der Waals surface area contributed by atoms with Gasteiger partial charge in [0.1, 0.15) is 5.76 Å². The van der Waals surface area contributed by atoms with Crippen molar-refractivity contribution in [2.24, 2.45) is 0 Å². The first-order valence-corrected chi connectivity index (χ1v) is 8.63. The van der Waals surface area contributed by atoms with Crippen LogP contribution >= 0.6 is 11.6 Å². The van der Waals surface area contributed by atoms with E-state index in [1.54, 1.807) is 41.5 Å². The van der Waals surface area contributed by atoms with Crippen LogP contribution in [-0.2, 0) is 11.3 Å². The summed E-state index contributed by atoms with van der Waals surface area (Å²) in [5, 5.41) is 8.60. The van der Waals surface area contributed by atoms with Crippen molar-refractivity contribution in [2.45, 2.75) is 19.9 Å². The van der Waals surface area contributed by atoms with E-state index in [9.17, 15) is 4.79 Å². The average Bonchev–Trinajstić information content (AvgIpc) is 3.31. The number of amides is 1. The van der Waals surface area contributed by atoms with E-state index >= 15 is 0 Å². The Morgan fingerprint density at radius 2 is 2.08 bits per heavy atom. The highest BCUT2D eigenvalue weighted by molar-refractivity contribution is 6.33. The third kappa shape index (κ3) is 4.40. The topological polar surface area (TPSA) is 72.4 Å². The monoisotopic (exact) mass is 371 g/mol. The molecule has 3 rings (SSSR count). The zero-order chi connectivity index (χ0) is 18.4. The largest absolute Gasteiger partial charge is 0.465 e. The van der Waals surface area contributed by atoms with Crippen molar-refractivity contribution in [3.63, 3.8) is 0 Å². The van der Waals surface area contributed by atoms with Crippen molar-refractivity contribution >= 4 is 23.6 Å². The first-order chi connectivity index (χ1) is 12.7. The molecule has 0 saturated carbocycles. The molecule has 0 N–H and O–H groups in total. The van der Waals surface area contributed by atoms with E-state index in [1.165, 1.54) is 6.08 Å². The van der Waals surface area contributed by atoms with Gasteiger partial charge in [-0.2, -0.15) is 0 Å². The molecule has 0 fully saturated rings. The number of aromatic nitrogens is 2. The Kier molecular flexibility index (Phi) is 5.86. The van der Waals surface area contributed by atoms with Crippen LogP contribution in [0, 0.1) is 0 Å². The molecular weight excluding hydrogens is 354 g/mol. The summed E-state index contributed by atoms with van der Waals surface area (Å²) in [7, 11) is 0. The van der Waals surface area contributed by atoms with Crippen LogP contribution in [0.3, 0.4) is 0 Å². The van der Waals surface area contributed by atoms with Crippen molar-refractivity contribution < 1.29 is 13.6 Å². The Balaban J connectivity index is 1.72. The molecule has 0 spiro atoms. The smallest absolute Gasteiger partial charge is 0.249 e. The van der Waals surface area contributed by atoms with Crippen LogP contribution in [0.1, 0.15) is 25.0 Å². The van der Waals surface area contributed by atoms with Gasteiger partial charge in [0.2, 0.25) is 17.7 Å². The highest BCUT2D eigenvalue weighted by Crippen LogP contribution is 2.26. The van der Waals surface area contributed by atoms with Crippen LogP contribution in [0.15, 0.2) is 57.6 Å². The van der Waals surface area contributed by atoms with Crippen LogP contribution < -0.4 is 0 Å². The number of rotatable bonds is 7. The minimum absolute atomic E-state index is 0.152. The van der Waals surface area contributed by atoms with Gasteiger partial charge < -0.3 is 13.7 Å². The van der Waals surface area contributed by atoms with Gasteiger partial charge >= 0.3 is 0 Å². The lowest BCUT2D eigenvalue weighted by Crippen LogP contribution is -2.29. The molecule has 0 atom stereocenters. The van der Waals surface area contributed by atoms with Crippen molar-refractivity contribution in [3.05, 3.63) is 65.4 Å². The summed E-state index contributed by atoms with van der Waals surface area (Å²) in [6.07, 6.45) is 5.47. The molecule has 6 nitrogen and oxygen atoms in total. The van der Waals surface area contributed by atoms with Gasteiger partial charge in [-0.25, -0.2) is 0 Å². The second-order valence-electron chi connectivity index (χ2n) is 5.59. The molecule has 26 heavy (non-hydrogen) atoms. The van der Waals surface area contributed by atoms with Gasteiger partial charge in [-0.15, -0.1) is 10.2 Å². The summed E-state index contributed by atoms with van der Waals surface area (Å²) >= 11 is 6.15. The van der Waals surface area contributed by atoms with Gasteiger partial charge in [0.15, 0.2) is 0 Å². The Morgan fingerprint density at radius 1 is 1.23 bits per heavy atom. The van der Waals surface area contributed by atoms with Gasteiger partial charge in [-0.3, -0.25) is 4.79 Å². The highest BCUT2D eigenvalue weighted by atomic mass is 35.5. The van der Waals surface area contributed by atoms with E-state index in [1.807, 2.05) is 19.1 Å². The van der Waals surface area contributed by atoms with Gasteiger partial charge in [-0.05, 0) is 36.8 Å². The van der Waals surface area contributed by atoms with E-state index in [4.69, 9.17) is 20.4 Å². The zero-order valence-electron chi connectivity index (χ0n) is 14.3. The Morgan fingerprint density at radius 3 is 2.81 bits per heavy atom. The average molecular weight is 372 g/mol. The maximum Gasteiger partial charge on any atom is 0.249 e. The van der Waals surface area contributed by atoms with Gasteiger partial charge in [-0.1, -0.05) is 30.7 Å². The van der Waals surface area contributed by atoms with E-state index in [0.717, 1.165) is 6.42 Å². The van der Waals surface area contributed by atoms with E-state index in [2.05, 4.69) is 10.2 Å². The number of nitrogens with zero attached hydrogens (tertiary/aromatic N) is 3. The van der Waals surface area contributed by atoms with Crippen molar-refractivity contribution in [1.29, 1.82) is 0 Å². The maximum atomic E-state index is 12.5. The Labute approximate surface area is 156 Å². The molecule has 1 amide bonds. The van der Waals surface area contributed by atoms with E-state index in [-0.39, 0.29) is 12.5 Å². The fourth-order valence-corrected chi connectivity index (χ4v) is 2.62. The Hall–Kier alpha value is -2.86. The first kappa shape index (κ1) is 17.9. The quantitative estimate of drug-likeness (QED) is 0.574. The van der Waals surface area contributed by atoms with Crippen LogP contribution in [0.4, 0.5) is 0 Å². The minimum atomic E-state index is -0.152. The third-order valence-electron chi connectivity index (χ3n) is 3.64. The number of halogens is 1. The second kappa shape index (κ2) is 8.49. The third-order valence-corrected chi connectivity index (χ3v) is 3.97. The van der Waals surface area contributed by atoms with Crippen LogP contribution in [0.5, 0.6) is 0 Å². The fraction of sp³-hybridized carbons (Fsp3) is 0.211. The molecule has 2 aromatic heterocycles. The number of hydrogen-bond acceptors (Lipinski definition) is 5. The van der Waals surface area contributed by atoms with Gasteiger partial charge in [0, 0.05) is 12.6 Å². The SMILES string of the molecule is CCCN(Cc1nnc(-c2ccccc2Cl)o1)C(=O)C=Cc1ccco1. The van der Waals surface area contributed by atoms with Crippen LogP contribution in [0.2, 0.25) is 5.02 Å². The summed E-state index contributed by atoms with van der Waals surface area (Å²) in [4.78, 5) is 14.1. The van der Waals surface area contributed by atoms with Crippen LogP contribution in [0.25, 0.3) is 17.5 Å². The molecule has 0 aliphatic rings. The summed E-state index contributed by atoms with van der Waals surface area (Å²) in [5.74, 6) is 1.16. The predicted octanol–water partition coefficient (Wildman–Crippen LogP) is 4.44. The molecule has 0 saturated heterocycles. The summed E-state index contributed by atoms with van der Waals surface area (Å²) in [6, 6.07) is 10.8. The van der Waals surface area contributed by atoms with Crippen molar-refractivity contribution in [2.75, 3.05) is 6.54 Å². The number of furan rings is 1. The number of hydrogen-bond donors (Lipinski definition) is 0. The number of carbonyl (C=O) groups excluding carboxylic acids is 1. The fourth-order valence-electron chi connectivity index (χ4n) is 2.41. The van der Waals surface area contributed by atoms with E-state index in [0.29, 0.717) is 34.7 Å². The molecule has 0 bridgehead atoms. The predicted molar refractivity (Wildman–Crippen MR) is 98.2 cm³/mol. The van der Waals surface area contributed by atoms with Crippen molar-refractivity contribution in [3.8, 4) is 11.5 Å². The summed E-state index contributed by atoms with van der Waals surface area (Å²) < 4.78 is 10.9. The molecule has 7 heteroatoms. The molecule has 0 radical (unpaired) electrons. The molecule has 0 unspecified atom stereocenters. The molecule has 3 aromatic rings. The lowest BCUT2D eigenvalue weighted by molar-refractivity contribution is -0.126. The summed E-state index contributed by atoms with van der Waals surface area (Å²) in [5.41, 5.74) is 0.666. The number of benzene rings is 1. The normalized spacial score (nSPS) is 11.2. The lowest BCUT2D eigenvalue weighted by atomic mass is 10.2. The van der Waals surface area contributed by atoms with Crippen molar-refractivity contribution in [1.82, 2.24) is 15.1 Å². The standard InChI is InChI=1S/C19H18ClN3O3/c1-2-11-23(18(24)10-9-14-6-5-12-25-14)13-17-21-22-19(26-17)15-7-3-4-8-16(15)20/h3-10,12H,2,11,13H2,1H3. The van der Waals surface area contributed by atoms with Gasteiger partial charge in [0.05, 0.1) is 23.4 Å². The highest BCUT2D eigenvalue weighted by Gasteiger charge is 2.16. The molecule has 134 valence electrons.